The topological polar surface area (TPSA) is 100 Å². The number of hydrogen-bond donors (Lipinski definition) is 3. The first-order chi connectivity index (χ1) is 13.0. The molecule has 8 nitrogen and oxygen atoms in total. The van der Waals surface area contributed by atoms with Crippen LogP contribution in [-0.4, -0.2) is 42.2 Å². The van der Waals surface area contributed by atoms with Gasteiger partial charge in [0.2, 0.25) is 5.88 Å². The van der Waals surface area contributed by atoms with Gasteiger partial charge in [-0.25, -0.2) is 14.2 Å². The first kappa shape index (κ1) is 18.1. The van der Waals surface area contributed by atoms with Crippen molar-refractivity contribution in [2.24, 2.45) is 4.99 Å². The van der Waals surface area contributed by atoms with Gasteiger partial charge < -0.3 is 15.2 Å². The summed E-state index contributed by atoms with van der Waals surface area (Å²) in [5.74, 6) is -1.43. The van der Waals surface area contributed by atoms with Crippen molar-refractivity contribution in [1.82, 2.24) is 15.6 Å². The van der Waals surface area contributed by atoms with Crippen molar-refractivity contribution in [3.05, 3.63) is 47.2 Å². The zero-order valence-corrected chi connectivity index (χ0v) is 14.4. The fourth-order valence-electron chi connectivity index (χ4n) is 2.73. The minimum Gasteiger partial charge on any atom is -0.507 e. The molecule has 0 fully saturated rings. The van der Waals surface area contributed by atoms with Gasteiger partial charge in [0, 0.05) is 24.2 Å². The number of guanidine groups is 1. The maximum atomic E-state index is 13.8. The first-order valence-electron chi connectivity index (χ1n) is 8.08. The molecule has 1 aromatic carbocycles. The van der Waals surface area contributed by atoms with Crippen LogP contribution in [0.3, 0.4) is 0 Å². The number of aliphatic imine (C=N–C) groups is 1. The number of pyridine rings is 1. The quantitative estimate of drug-likeness (QED) is 0.721. The van der Waals surface area contributed by atoms with E-state index in [9.17, 15) is 14.3 Å². The summed E-state index contributed by atoms with van der Waals surface area (Å²) in [5, 5.41) is 15.8. The minimum atomic E-state index is -0.688. The molecule has 0 atom stereocenters. The summed E-state index contributed by atoms with van der Waals surface area (Å²) in [6.45, 7) is 8.61. The van der Waals surface area contributed by atoms with Crippen molar-refractivity contribution in [2.45, 2.75) is 6.42 Å². The highest BCUT2D eigenvalue weighted by molar-refractivity contribution is 6.13. The lowest BCUT2D eigenvalue weighted by atomic mass is 9.96. The standard InChI is InChI=1S/C18H16FN5O3/c1-20-12-4-5-13(25)15(16(26)24-18-21-6-3-7-22-18)14(12)11-8-10(19)9-23-17(11)27-2/h4-5,8-9,25H,3,6-7H2,2H3,(H2,21,22,24,26). The van der Waals surface area contributed by atoms with E-state index in [1.807, 2.05) is 0 Å². The van der Waals surface area contributed by atoms with Gasteiger partial charge in [0.05, 0.1) is 25.4 Å². The van der Waals surface area contributed by atoms with E-state index >= 15 is 0 Å². The molecule has 1 amide bonds. The zero-order chi connectivity index (χ0) is 19.4. The highest BCUT2D eigenvalue weighted by Gasteiger charge is 2.25. The summed E-state index contributed by atoms with van der Waals surface area (Å²) < 4.78 is 19.0. The molecule has 138 valence electrons. The number of aromatic hydroxyl groups is 1. The number of ether oxygens (including phenoxy) is 1. The van der Waals surface area contributed by atoms with E-state index in [4.69, 9.17) is 11.3 Å². The maximum Gasteiger partial charge on any atom is 0.261 e. The molecule has 9 heteroatoms. The summed E-state index contributed by atoms with van der Waals surface area (Å²) >= 11 is 0. The predicted molar refractivity (Wildman–Crippen MR) is 96.5 cm³/mol. The molecular formula is C18H16FN5O3. The van der Waals surface area contributed by atoms with Crippen LogP contribution in [0.2, 0.25) is 0 Å². The summed E-state index contributed by atoms with van der Waals surface area (Å²) in [5.41, 5.74) is -0.0303. The Bertz CT molecular complexity index is 968. The summed E-state index contributed by atoms with van der Waals surface area (Å²) in [4.78, 5) is 24.2. The van der Waals surface area contributed by atoms with Gasteiger partial charge in [-0.2, -0.15) is 0 Å². The molecule has 2 heterocycles. The third-order valence-corrected chi connectivity index (χ3v) is 3.92. The Hall–Kier alpha value is -3.67. The number of nitrogens with one attached hydrogen (secondary N) is 2. The number of carbonyl (C=O) groups excluding carboxylic acids is 1. The Morgan fingerprint density at radius 2 is 2.30 bits per heavy atom. The number of amides is 1. The first-order valence-corrected chi connectivity index (χ1v) is 8.08. The Balaban J connectivity index is 2.17. The van der Waals surface area contributed by atoms with Crippen LogP contribution >= 0.6 is 0 Å². The Labute approximate surface area is 154 Å². The van der Waals surface area contributed by atoms with Crippen LogP contribution in [0, 0.1) is 12.4 Å². The van der Waals surface area contributed by atoms with Crippen LogP contribution in [-0.2, 0) is 0 Å². The summed E-state index contributed by atoms with van der Waals surface area (Å²) in [7, 11) is 1.34. The van der Waals surface area contributed by atoms with Crippen LogP contribution in [0.1, 0.15) is 16.8 Å². The van der Waals surface area contributed by atoms with Gasteiger partial charge in [0.1, 0.15) is 11.6 Å². The zero-order valence-electron chi connectivity index (χ0n) is 14.4. The van der Waals surface area contributed by atoms with E-state index in [1.54, 1.807) is 0 Å². The molecule has 27 heavy (non-hydrogen) atoms. The van der Waals surface area contributed by atoms with E-state index in [0.29, 0.717) is 13.1 Å². The molecule has 0 bridgehead atoms. The largest absolute Gasteiger partial charge is 0.507 e. The smallest absolute Gasteiger partial charge is 0.261 e. The molecule has 2 aromatic rings. The molecule has 0 aliphatic carbocycles. The number of hydrogen-bond acceptors (Lipinski definition) is 6. The minimum absolute atomic E-state index is 0.0223. The van der Waals surface area contributed by atoms with Gasteiger partial charge in [-0.05, 0) is 18.6 Å². The highest BCUT2D eigenvalue weighted by Crippen LogP contribution is 2.41. The van der Waals surface area contributed by atoms with Crippen LogP contribution in [0.5, 0.6) is 11.6 Å². The lowest BCUT2D eigenvalue weighted by Gasteiger charge is -2.18. The number of phenols is 1. The van der Waals surface area contributed by atoms with Gasteiger partial charge >= 0.3 is 0 Å². The normalized spacial score (nSPS) is 13.1. The molecule has 0 spiro atoms. The van der Waals surface area contributed by atoms with Crippen molar-refractivity contribution in [2.75, 3.05) is 20.2 Å². The average Bonchev–Trinajstić information content (AvgIpc) is 2.68. The predicted octanol–water partition coefficient (Wildman–Crippen LogP) is 2.23. The van der Waals surface area contributed by atoms with Crippen LogP contribution in [0.4, 0.5) is 10.1 Å². The molecule has 1 aliphatic rings. The highest BCUT2D eigenvalue weighted by atomic mass is 19.1. The van der Waals surface area contributed by atoms with Crippen molar-refractivity contribution < 1.29 is 19.0 Å². The number of rotatable bonds is 3. The number of benzene rings is 1. The van der Waals surface area contributed by atoms with Crippen molar-refractivity contribution in [3.8, 4) is 22.8 Å². The number of nitrogens with zero attached hydrogens (tertiary/aromatic N) is 3. The Morgan fingerprint density at radius 3 is 2.96 bits per heavy atom. The van der Waals surface area contributed by atoms with Gasteiger partial charge in [-0.1, -0.05) is 6.07 Å². The van der Waals surface area contributed by atoms with Crippen LogP contribution in [0.15, 0.2) is 29.4 Å². The Morgan fingerprint density at radius 1 is 1.48 bits per heavy atom. The molecule has 0 radical (unpaired) electrons. The number of halogens is 1. The van der Waals surface area contributed by atoms with E-state index in [0.717, 1.165) is 18.7 Å². The van der Waals surface area contributed by atoms with Gasteiger partial charge in [0.25, 0.3) is 5.91 Å². The maximum absolute atomic E-state index is 13.8. The molecule has 0 unspecified atom stereocenters. The molecule has 1 aliphatic heterocycles. The molecule has 3 N–H and O–H groups in total. The molecular weight excluding hydrogens is 353 g/mol. The van der Waals surface area contributed by atoms with Crippen molar-refractivity contribution >= 4 is 17.6 Å². The molecule has 3 rings (SSSR count). The van der Waals surface area contributed by atoms with E-state index < -0.39 is 11.7 Å². The second kappa shape index (κ2) is 7.70. The monoisotopic (exact) mass is 369 g/mol. The molecule has 0 saturated carbocycles. The van der Waals surface area contributed by atoms with Crippen LogP contribution < -0.4 is 15.4 Å². The number of aromatic nitrogens is 1. The second-order valence-corrected chi connectivity index (χ2v) is 5.64. The molecule has 0 saturated heterocycles. The fraction of sp³-hybridized carbons (Fsp3) is 0.222. The SMILES string of the molecule is [C-]#[N+]c1ccc(O)c(C(=O)NC2=NCCCN2)c1-c1cc(F)cnc1OC. The third-order valence-electron chi connectivity index (χ3n) is 3.92. The van der Waals surface area contributed by atoms with Gasteiger partial charge in [-0.15, -0.1) is 0 Å². The van der Waals surface area contributed by atoms with Crippen molar-refractivity contribution in [1.29, 1.82) is 0 Å². The number of phenolic OH excluding ortho intramolecular Hbond substituents is 1. The lowest BCUT2D eigenvalue weighted by Crippen LogP contribution is -2.43. The fourth-order valence-corrected chi connectivity index (χ4v) is 2.73. The average molecular weight is 369 g/mol. The third kappa shape index (κ3) is 3.64. The number of methoxy groups -OCH3 is 1. The number of carbonyl (C=O) groups is 1. The van der Waals surface area contributed by atoms with Crippen molar-refractivity contribution in [3.63, 3.8) is 0 Å². The van der Waals surface area contributed by atoms with Crippen LogP contribution in [0.25, 0.3) is 16.0 Å². The summed E-state index contributed by atoms with van der Waals surface area (Å²) in [6.07, 6.45) is 1.80. The van der Waals surface area contributed by atoms with E-state index in [-0.39, 0.29) is 40.0 Å². The lowest BCUT2D eigenvalue weighted by molar-refractivity contribution is 0.0973. The van der Waals surface area contributed by atoms with Gasteiger partial charge in [0.15, 0.2) is 11.6 Å². The summed E-state index contributed by atoms with van der Waals surface area (Å²) in [6, 6.07) is 3.68. The van der Waals surface area contributed by atoms with E-state index in [2.05, 4.69) is 25.5 Å². The Kier molecular flexibility index (Phi) is 5.17. The second-order valence-electron chi connectivity index (χ2n) is 5.64. The van der Waals surface area contributed by atoms with Gasteiger partial charge in [-0.3, -0.25) is 15.1 Å². The molecule has 1 aromatic heterocycles. The van der Waals surface area contributed by atoms with E-state index in [1.165, 1.54) is 19.2 Å².